The Kier molecular flexibility index (Phi) is 8.54. The van der Waals surface area contributed by atoms with Gasteiger partial charge in [-0.05, 0) is 144 Å². The van der Waals surface area contributed by atoms with Gasteiger partial charge in [-0.25, -0.2) is 0 Å². The SMILES string of the molecule is CC1(C)c2ccccc2-c2ccc(-c3ccccc3N(c3ccc(-c4ccccc4-c4cccc5c4C(C)(C)c4ccccc4-5)cc3)c3ccc4c(c3)C3(CCCC3)c3ccccc3-4)cc21. The van der Waals surface area contributed by atoms with Gasteiger partial charge in [0.25, 0.3) is 0 Å². The second-order valence-electron chi connectivity index (χ2n) is 20.3. The van der Waals surface area contributed by atoms with E-state index >= 15 is 0 Å². The molecule has 1 fully saturated rings. The van der Waals surface area contributed by atoms with Crippen molar-refractivity contribution in [3.8, 4) is 66.8 Å². The van der Waals surface area contributed by atoms with Crippen LogP contribution in [-0.4, -0.2) is 0 Å². The highest BCUT2D eigenvalue weighted by molar-refractivity contribution is 5.95. The Morgan fingerprint density at radius 2 is 0.788 bits per heavy atom. The molecule has 13 rings (SSSR count). The van der Waals surface area contributed by atoms with Crippen molar-refractivity contribution in [2.24, 2.45) is 0 Å². The van der Waals surface area contributed by atoms with E-state index < -0.39 is 0 Å². The number of hydrogen-bond acceptors (Lipinski definition) is 1. The quantitative estimate of drug-likeness (QED) is 0.161. The molecule has 9 aromatic carbocycles. The summed E-state index contributed by atoms with van der Waals surface area (Å²) in [7, 11) is 0. The third kappa shape index (κ3) is 5.53. The van der Waals surface area contributed by atoms with E-state index in [1.165, 1.54) is 137 Å². The van der Waals surface area contributed by atoms with Crippen LogP contribution in [0.2, 0.25) is 0 Å². The summed E-state index contributed by atoms with van der Waals surface area (Å²) in [4.78, 5) is 2.54. The highest BCUT2D eigenvalue weighted by Gasteiger charge is 2.45. The maximum Gasteiger partial charge on any atom is 0.0540 e. The molecule has 318 valence electrons. The standard InChI is InChI=1S/C65H53N/c1-63(2)56-26-11-7-21-49(56)52-36-32-43(40-59(52)63)47-19-10-14-29-61(47)66(45-35-37-53-50-22-9-13-28-58(50)65(60(53)41-45)38-15-16-39-65)44-33-30-42(31-34-44)46-18-5-6-20-48(46)54-24-17-25-55-51-23-8-12-27-57(51)64(3,4)62(54)55/h5-14,17-37,40-41H,15-16,38-39H2,1-4H3. The summed E-state index contributed by atoms with van der Waals surface area (Å²) in [5.74, 6) is 0. The van der Waals surface area contributed by atoms with E-state index in [2.05, 4.69) is 233 Å². The van der Waals surface area contributed by atoms with Crippen molar-refractivity contribution in [2.75, 3.05) is 4.90 Å². The van der Waals surface area contributed by atoms with Crippen LogP contribution in [0.3, 0.4) is 0 Å². The molecule has 0 aromatic heterocycles. The molecule has 0 radical (unpaired) electrons. The van der Waals surface area contributed by atoms with Gasteiger partial charge in [-0.15, -0.1) is 0 Å². The van der Waals surface area contributed by atoms with Gasteiger partial charge in [-0.1, -0.05) is 204 Å². The van der Waals surface area contributed by atoms with Crippen LogP contribution < -0.4 is 4.90 Å². The fraction of sp³-hybridized carbons (Fsp3) is 0.169. The molecule has 1 spiro atoms. The van der Waals surface area contributed by atoms with Crippen molar-refractivity contribution in [3.05, 3.63) is 234 Å². The van der Waals surface area contributed by atoms with Gasteiger partial charge in [-0.2, -0.15) is 0 Å². The summed E-state index contributed by atoms with van der Waals surface area (Å²) < 4.78 is 0. The first kappa shape index (κ1) is 39.2. The van der Waals surface area contributed by atoms with Crippen LogP contribution >= 0.6 is 0 Å². The highest BCUT2D eigenvalue weighted by atomic mass is 15.1. The number of hydrogen-bond donors (Lipinski definition) is 0. The average Bonchev–Trinajstić information content (AvgIpc) is 4.09. The summed E-state index contributed by atoms with van der Waals surface area (Å²) in [6, 6.07) is 76.0. The molecule has 4 aliphatic carbocycles. The molecule has 0 saturated heterocycles. The van der Waals surface area contributed by atoms with Crippen LogP contribution in [0.1, 0.15) is 86.8 Å². The van der Waals surface area contributed by atoms with Crippen molar-refractivity contribution < 1.29 is 0 Å². The second-order valence-corrected chi connectivity index (χ2v) is 20.3. The maximum atomic E-state index is 2.55. The van der Waals surface area contributed by atoms with Crippen LogP contribution in [0.15, 0.2) is 200 Å². The molecule has 0 aliphatic heterocycles. The normalized spacial score (nSPS) is 16.0. The number of anilines is 3. The molecular weight excluding hydrogens is 795 g/mol. The largest absolute Gasteiger partial charge is 0.310 e. The zero-order valence-corrected chi connectivity index (χ0v) is 38.3. The Balaban J connectivity index is 0.964. The van der Waals surface area contributed by atoms with Crippen molar-refractivity contribution in [2.45, 2.75) is 69.6 Å². The first-order chi connectivity index (χ1) is 32.2. The molecule has 66 heavy (non-hydrogen) atoms. The lowest BCUT2D eigenvalue weighted by molar-refractivity contribution is 0.550. The summed E-state index contributed by atoms with van der Waals surface area (Å²) in [6.45, 7) is 9.54. The van der Waals surface area contributed by atoms with Gasteiger partial charge in [0.2, 0.25) is 0 Å². The molecule has 1 saturated carbocycles. The van der Waals surface area contributed by atoms with Crippen LogP contribution in [0.25, 0.3) is 66.8 Å². The Bertz CT molecular complexity index is 3430. The van der Waals surface area contributed by atoms with Crippen LogP contribution in [0.4, 0.5) is 17.1 Å². The van der Waals surface area contributed by atoms with Crippen molar-refractivity contribution in [1.82, 2.24) is 0 Å². The minimum absolute atomic E-state index is 0.0643. The third-order valence-corrected chi connectivity index (χ3v) is 16.2. The van der Waals surface area contributed by atoms with Crippen LogP contribution in [-0.2, 0) is 16.2 Å². The van der Waals surface area contributed by atoms with Gasteiger partial charge < -0.3 is 4.90 Å². The topological polar surface area (TPSA) is 3.24 Å². The maximum absolute atomic E-state index is 2.55. The van der Waals surface area contributed by atoms with Gasteiger partial charge in [0.15, 0.2) is 0 Å². The molecule has 0 unspecified atom stereocenters. The van der Waals surface area contributed by atoms with Gasteiger partial charge in [0.1, 0.15) is 0 Å². The van der Waals surface area contributed by atoms with E-state index in [4.69, 9.17) is 0 Å². The Hall–Kier alpha value is -7.22. The summed E-state index contributed by atoms with van der Waals surface area (Å²) in [5.41, 5.74) is 27.7. The summed E-state index contributed by atoms with van der Waals surface area (Å²) in [5, 5.41) is 0. The predicted octanol–water partition coefficient (Wildman–Crippen LogP) is 17.6. The number of para-hydroxylation sites is 1. The van der Waals surface area contributed by atoms with Crippen LogP contribution in [0.5, 0.6) is 0 Å². The lowest BCUT2D eigenvalue weighted by atomic mass is 9.76. The minimum atomic E-state index is -0.111. The molecule has 9 aromatic rings. The van der Waals surface area contributed by atoms with Crippen molar-refractivity contribution >= 4 is 17.1 Å². The molecule has 0 atom stereocenters. The van der Waals surface area contributed by atoms with Gasteiger partial charge in [0.05, 0.1) is 5.69 Å². The van der Waals surface area contributed by atoms with Crippen LogP contribution in [0, 0.1) is 0 Å². The predicted molar refractivity (Wildman–Crippen MR) is 277 cm³/mol. The molecule has 0 amide bonds. The monoisotopic (exact) mass is 847 g/mol. The zero-order valence-electron chi connectivity index (χ0n) is 38.3. The van der Waals surface area contributed by atoms with E-state index in [1.54, 1.807) is 0 Å². The first-order valence-corrected chi connectivity index (χ1v) is 24.1. The van der Waals surface area contributed by atoms with E-state index in [0.717, 1.165) is 5.69 Å². The number of rotatable bonds is 6. The second kappa shape index (κ2) is 14.4. The lowest BCUT2D eigenvalue weighted by Gasteiger charge is -2.31. The molecule has 0 heterocycles. The van der Waals surface area contributed by atoms with Crippen molar-refractivity contribution in [1.29, 1.82) is 0 Å². The molecule has 1 heteroatoms. The van der Waals surface area contributed by atoms with Gasteiger partial charge >= 0.3 is 0 Å². The van der Waals surface area contributed by atoms with Gasteiger partial charge in [-0.3, -0.25) is 0 Å². The van der Waals surface area contributed by atoms with E-state index in [1.807, 2.05) is 0 Å². The fourth-order valence-electron chi connectivity index (χ4n) is 13.1. The Morgan fingerprint density at radius 3 is 1.50 bits per heavy atom. The Morgan fingerprint density at radius 1 is 0.318 bits per heavy atom. The zero-order chi connectivity index (χ0) is 44.4. The van der Waals surface area contributed by atoms with E-state index in [0.29, 0.717) is 0 Å². The number of fused-ring (bicyclic) bond motifs is 11. The van der Waals surface area contributed by atoms with Crippen molar-refractivity contribution in [3.63, 3.8) is 0 Å². The Labute approximate surface area is 390 Å². The summed E-state index contributed by atoms with van der Waals surface area (Å²) >= 11 is 0. The molecule has 0 bridgehead atoms. The molecule has 4 aliphatic rings. The minimum Gasteiger partial charge on any atom is -0.310 e. The van der Waals surface area contributed by atoms with E-state index in [-0.39, 0.29) is 16.2 Å². The summed E-state index contributed by atoms with van der Waals surface area (Å²) in [6.07, 6.45) is 4.93. The van der Waals surface area contributed by atoms with E-state index in [9.17, 15) is 0 Å². The molecule has 0 N–H and O–H groups in total. The average molecular weight is 848 g/mol. The smallest absolute Gasteiger partial charge is 0.0540 e. The van der Waals surface area contributed by atoms with Gasteiger partial charge in [0, 0.05) is 33.2 Å². The molecular formula is C65H53N. The highest BCUT2D eigenvalue weighted by Crippen LogP contribution is 2.59. The fourth-order valence-corrected chi connectivity index (χ4v) is 13.1. The first-order valence-electron chi connectivity index (χ1n) is 24.1. The number of nitrogens with zero attached hydrogens (tertiary/aromatic N) is 1. The lowest BCUT2D eigenvalue weighted by Crippen LogP contribution is -2.21. The molecule has 1 nitrogen and oxygen atoms in total. The third-order valence-electron chi connectivity index (χ3n) is 16.2. The number of benzene rings is 9.